The zero-order valence-corrected chi connectivity index (χ0v) is 15.2. The largest absolute Gasteiger partial charge is 0.497 e. The van der Waals surface area contributed by atoms with Crippen LogP contribution in [0.15, 0.2) is 29.2 Å². The van der Waals surface area contributed by atoms with E-state index in [4.69, 9.17) is 44.3 Å². The van der Waals surface area contributed by atoms with Crippen LogP contribution in [0.25, 0.3) is 0 Å². The van der Waals surface area contributed by atoms with Gasteiger partial charge in [0.2, 0.25) is 3.79 Å². The SMILES string of the molecule is COc1ccc([S+](C)NC(=O)OC(C)(C)C(Cl)(Cl)Cl)cc1. The van der Waals surface area contributed by atoms with Gasteiger partial charge in [-0.25, -0.2) is 4.79 Å². The van der Waals surface area contributed by atoms with E-state index >= 15 is 0 Å². The van der Waals surface area contributed by atoms with Crippen molar-refractivity contribution in [2.24, 2.45) is 0 Å². The summed E-state index contributed by atoms with van der Waals surface area (Å²) >= 11 is 16.8. The molecule has 0 spiro atoms. The number of carbonyl (C=O) groups is 1. The van der Waals surface area contributed by atoms with Crippen molar-refractivity contribution in [3.63, 3.8) is 0 Å². The number of ether oxygens (including phenoxy) is 2. The summed E-state index contributed by atoms with van der Waals surface area (Å²) in [6.07, 6.45) is 1.21. The Kier molecular flexibility index (Phi) is 6.35. The van der Waals surface area contributed by atoms with Crippen molar-refractivity contribution < 1.29 is 14.3 Å². The second-order valence-corrected chi connectivity index (χ2v) is 8.66. The number of rotatable bonds is 4. The van der Waals surface area contributed by atoms with Gasteiger partial charge >= 0.3 is 6.09 Å². The van der Waals surface area contributed by atoms with Crippen molar-refractivity contribution >= 4 is 52.0 Å². The first kappa shape index (κ1) is 18.6. The predicted octanol–water partition coefficient (Wildman–Crippen LogP) is 4.09. The molecular formula is C13H17Cl3NO3S+. The molecule has 0 heterocycles. The molecule has 4 nitrogen and oxygen atoms in total. The molecule has 0 aliphatic rings. The minimum atomic E-state index is -1.71. The summed E-state index contributed by atoms with van der Waals surface area (Å²) in [5, 5.41) is 0. The molecule has 0 aliphatic carbocycles. The van der Waals surface area contributed by atoms with Crippen LogP contribution < -0.4 is 9.46 Å². The van der Waals surface area contributed by atoms with Gasteiger partial charge in [0.25, 0.3) is 0 Å². The quantitative estimate of drug-likeness (QED) is 0.638. The van der Waals surface area contributed by atoms with Crippen LogP contribution in [0, 0.1) is 0 Å². The molecule has 1 aromatic rings. The smallest absolute Gasteiger partial charge is 0.449 e. The van der Waals surface area contributed by atoms with E-state index in [2.05, 4.69) is 4.72 Å². The molecule has 0 fully saturated rings. The van der Waals surface area contributed by atoms with Crippen LogP contribution in [-0.2, 0) is 15.8 Å². The van der Waals surface area contributed by atoms with Crippen molar-refractivity contribution in [1.29, 1.82) is 0 Å². The normalized spacial score (nSPS) is 13.5. The highest BCUT2D eigenvalue weighted by molar-refractivity contribution is 7.94. The Hall–Kier alpha value is -0.490. The lowest BCUT2D eigenvalue weighted by Crippen LogP contribution is -2.45. The van der Waals surface area contributed by atoms with Gasteiger partial charge in [0, 0.05) is 0 Å². The molecule has 0 radical (unpaired) electrons. The zero-order chi connectivity index (χ0) is 16.3. The van der Waals surface area contributed by atoms with Crippen molar-refractivity contribution in [1.82, 2.24) is 4.72 Å². The van der Waals surface area contributed by atoms with E-state index in [-0.39, 0.29) is 0 Å². The summed E-state index contributed by atoms with van der Waals surface area (Å²) in [5.74, 6) is 0.746. The predicted molar refractivity (Wildman–Crippen MR) is 88.5 cm³/mol. The van der Waals surface area contributed by atoms with Crippen molar-refractivity contribution in [2.45, 2.75) is 28.1 Å². The van der Waals surface area contributed by atoms with Crippen molar-refractivity contribution in [3.8, 4) is 5.75 Å². The van der Waals surface area contributed by atoms with E-state index in [0.29, 0.717) is 0 Å². The summed E-state index contributed by atoms with van der Waals surface area (Å²) in [4.78, 5) is 12.8. The molecule has 21 heavy (non-hydrogen) atoms. The van der Waals surface area contributed by atoms with Gasteiger partial charge in [-0.05, 0) is 38.1 Å². The first-order valence-electron chi connectivity index (χ1n) is 5.93. The molecule has 0 aromatic heterocycles. The third-order valence-corrected chi connectivity index (χ3v) is 5.50. The monoisotopic (exact) mass is 372 g/mol. The van der Waals surface area contributed by atoms with E-state index in [0.717, 1.165) is 10.6 Å². The Balaban J connectivity index is 2.65. The van der Waals surface area contributed by atoms with Crippen molar-refractivity contribution in [3.05, 3.63) is 24.3 Å². The minimum Gasteiger partial charge on any atom is -0.497 e. The second-order valence-electron chi connectivity index (χ2n) is 4.69. The number of carbonyl (C=O) groups excluding carboxylic acids is 1. The fourth-order valence-corrected chi connectivity index (χ4v) is 2.34. The lowest BCUT2D eigenvalue weighted by molar-refractivity contribution is 0.0460. The molecule has 1 rings (SSSR count). The minimum absolute atomic E-state index is 0.545. The van der Waals surface area contributed by atoms with E-state index in [1.54, 1.807) is 7.11 Å². The van der Waals surface area contributed by atoms with E-state index < -0.39 is 26.6 Å². The summed E-state index contributed by atoms with van der Waals surface area (Å²) in [6, 6.07) is 7.36. The molecule has 0 saturated carbocycles. The lowest BCUT2D eigenvalue weighted by Gasteiger charge is -2.31. The Labute approximate surface area is 142 Å². The van der Waals surface area contributed by atoms with Gasteiger partial charge in [-0.1, -0.05) is 34.8 Å². The molecule has 1 amide bonds. The number of hydrogen-bond donors (Lipinski definition) is 1. The third-order valence-electron chi connectivity index (χ3n) is 2.68. The van der Waals surface area contributed by atoms with Crippen molar-refractivity contribution in [2.75, 3.05) is 13.4 Å². The molecule has 1 aromatic carbocycles. The fourth-order valence-electron chi connectivity index (χ4n) is 1.27. The standard InChI is InChI=1S/C13H16Cl3NO3S/c1-12(2,13(14,15)16)20-11(18)17-21(4)10-7-5-9(19-3)6-8-10/h5-8H,1-4H3/p+1. The van der Waals surface area contributed by atoms with E-state index in [1.165, 1.54) is 13.8 Å². The van der Waals surface area contributed by atoms with Crippen LogP contribution in [0.3, 0.4) is 0 Å². The van der Waals surface area contributed by atoms with Crippen LogP contribution in [-0.4, -0.2) is 28.9 Å². The van der Waals surface area contributed by atoms with Crippen LogP contribution in [0.1, 0.15) is 13.8 Å². The topological polar surface area (TPSA) is 47.6 Å². The van der Waals surface area contributed by atoms with Gasteiger partial charge in [-0.2, -0.15) is 0 Å². The molecule has 0 aliphatic heterocycles. The third kappa shape index (κ3) is 5.33. The number of nitrogens with one attached hydrogen (secondary N) is 1. The van der Waals surface area contributed by atoms with Gasteiger partial charge in [0.1, 0.15) is 23.1 Å². The highest BCUT2D eigenvalue weighted by Gasteiger charge is 2.44. The molecule has 0 saturated heterocycles. The lowest BCUT2D eigenvalue weighted by atomic mass is 10.2. The number of benzene rings is 1. The van der Waals surface area contributed by atoms with E-state index in [1.807, 2.05) is 30.5 Å². The molecule has 1 unspecified atom stereocenters. The van der Waals surface area contributed by atoms with Crippen LogP contribution in [0.4, 0.5) is 4.79 Å². The number of amides is 1. The van der Waals surface area contributed by atoms with Gasteiger partial charge in [-0.3, -0.25) is 0 Å². The molecule has 1 N–H and O–H groups in total. The molecule has 0 bridgehead atoms. The van der Waals surface area contributed by atoms with Gasteiger partial charge in [-0.15, -0.1) is 4.72 Å². The van der Waals surface area contributed by atoms with Gasteiger partial charge < -0.3 is 9.47 Å². The maximum absolute atomic E-state index is 11.9. The summed E-state index contributed by atoms with van der Waals surface area (Å²) in [5.41, 5.74) is -1.24. The Morgan fingerprint density at radius 3 is 2.14 bits per heavy atom. The second kappa shape index (κ2) is 7.18. The maximum Gasteiger partial charge on any atom is 0.449 e. The number of methoxy groups -OCH3 is 1. The van der Waals surface area contributed by atoms with Crippen LogP contribution >= 0.6 is 34.8 Å². The fraction of sp³-hybridized carbons (Fsp3) is 0.462. The highest BCUT2D eigenvalue weighted by atomic mass is 35.6. The van der Waals surface area contributed by atoms with Gasteiger partial charge in [0.15, 0.2) is 10.5 Å². The Bertz CT molecular complexity index is 488. The molecule has 8 heteroatoms. The highest BCUT2D eigenvalue weighted by Crippen LogP contribution is 2.40. The molecule has 1 atom stereocenters. The van der Waals surface area contributed by atoms with Crippen LogP contribution in [0.2, 0.25) is 0 Å². The molecule has 118 valence electrons. The average molecular weight is 374 g/mol. The number of hydrogen-bond acceptors (Lipinski definition) is 3. The first-order valence-corrected chi connectivity index (χ1v) is 8.70. The average Bonchev–Trinajstić information content (AvgIpc) is 2.36. The number of halogens is 3. The number of alkyl halides is 3. The van der Waals surface area contributed by atoms with Crippen LogP contribution in [0.5, 0.6) is 5.75 Å². The summed E-state index contributed by atoms with van der Waals surface area (Å²) < 4.78 is 11.3. The Morgan fingerprint density at radius 1 is 1.19 bits per heavy atom. The summed E-state index contributed by atoms with van der Waals surface area (Å²) in [6.45, 7) is 3.06. The Morgan fingerprint density at radius 2 is 1.71 bits per heavy atom. The van der Waals surface area contributed by atoms with Gasteiger partial charge in [0.05, 0.1) is 7.11 Å². The zero-order valence-electron chi connectivity index (χ0n) is 12.1. The maximum atomic E-state index is 11.9. The molecular weight excluding hydrogens is 357 g/mol. The first-order chi connectivity index (χ1) is 9.56. The van der Waals surface area contributed by atoms with E-state index in [9.17, 15) is 4.79 Å². The summed E-state index contributed by atoms with van der Waals surface area (Å²) in [7, 11) is 1.59.